The van der Waals surface area contributed by atoms with E-state index in [0.717, 1.165) is 0 Å². The number of carbonyl (C=O) groups is 1. The molecule has 1 atom stereocenters. The molecule has 1 aliphatic heterocycles. The van der Waals surface area contributed by atoms with Gasteiger partial charge >= 0.3 is 5.97 Å². The van der Waals surface area contributed by atoms with Crippen molar-refractivity contribution in [2.24, 2.45) is 5.92 Å². The minimum Gasteiger partial charge on any atom is -0.481 e. The largest absolute Gasteiger partial charge is 0.481 e. The summed E-state index contributed by atoms with van der Waals surface area (Å²) >= 11 is 5.83. The summed E-state index contributed by atoms with van der Waals surface area (Å²) in [5.41, 5.74) is 0.565. The maximum absolute atomic E-state index is 12.6. The highest BCUT2D eigenvalue weighted by atomic mass is 35.5. The molecule has 0 unspecified atom stereocenters. The van der Waals surface area contributed by atoms with Crippen molar-refractivity contribution >= 4 is 27.6 Å². The van der Waals surface area contributed by atoms with Crippen molar-refractivity contribution in [1.82, 2.24) is 4.31 Å². The summed E-state index contributed by atoms with van der Waals surface area (Å²) < 4.78 is 26.4. The average Bonchev–Trinajstić information content (AvgIpc) is 2.38. The zero-order chi connectivity index (χ0) is 14.9. The molecule has 7 heteroatoms. The van der Waals surface area contributed by atoms with E-state index in [1.165, 1.54) is 16.4 Å². The smallest absolute Gasteiger partial charge is 0.307 e. The van der Waals surface area contributed by atoms with Crippen molar-refractivity contribution in [1.29, 1.82) is 0 Å². The third-order valence-corrected chi connectivity index (χ3v) is 5.75. The molecule has 0 radical (unpaired) electrons. The van der Waals surface area contributed by atoms with Crippen molar-refractivity contribution in [2.45, 2.75) is 24.7 Å². The van der Waals surface area contributed by atoms with Gasteiger partial charge in [-0.05, 0) is 43.5 Å². The molecule has 1 aromatic carbocycles. The molecular formula is C13H16ClNO4S. The number of aliphatic carboxylic acids is 1. The van der Waals surface area contributed by atoms with Gasteiger partial charge in [0.2, 0.25) is 10.0 Å². The van der Waals surface area contributed by atoms with E-state index in [2.05, 4.69) is 0 Å². The summed E-state index contributed by atoms with van der Waals surface area (Å²) in [5, 5.41) is 9.52. The van der Waals surface area contributed by atoms with E-state index in [0.29, 0.717) is 30.0 Å². The van der Waals surface area contributed by atoms with Gasteiger partial charge in [-0.3, -0.25) is 4.79 Å². The first kappa shape index (κ1) is 15.3. The number of halogens is 1. The summed E-state index contributed by atoms with van der Waals surface area (Å²) in [5.74, 6) is -1.58. The average molecular weight is 318 g/mol. The van der Waals surface area contributed by atoms with Gasteiger partial charge in [0, 0.05) is 18.1 Å². The van der Waals surface area contributed by atoms with Crippen molar-refractivity contribution in [3.63, 3.8) is 0 Å². The normalized spacial score (nSPS) is 20.8. The van der Waals surface area contributed by atoms with Crippen LogP contribution in [0.5, 0.6) is 0 Å². The fraction of sp³-hybridized carbons (Fsp3) is 0.462. The Bertz CT molecular complexity index is 629. The van der Waals surface area contributed by atoms with Crippen molar-refractivity contribution in [3.05, 3.63) is 28.8 Å². The van der Waals surface area contributed by atoms with Gasteiger partial charge in [0.15, 0.2) is 0 Å². The lowest BCUT2D eigenvalue weighted by Gasteiger charge is -2.30. The molecular weight excluding hydrogens is 302 g/mol. The summed E-state index contributed by atoms with van der Waals surface area (Å²) in [6, 6.07) is 4.59. The zero-order valence-electron chi connectivity index (χ0n) is 11.0. The van der Waals surface area contributed by atoms with E-state index < -0.39 is 21.9 Å². The lowest BCUT2D eigenvalue weighted by atomic mass is 10.0. The van der Waals surface area contributed by atoms with Gasteiger partial charge in [-0.25, -0.2) is 8.42 Å². The predicted molar refractivity (Wildman–Crippen MR) is 75.3 cm³/mol. The Morgan fingerprint density at radius 1 is 1.45 bits per heavy atom. The Balaban J connectivity index is 2.32. The molecule has 1 heterocycles. The van der Waals surface area contributed by atoms with E-state index >= 15 is 0 Å². The minimum atomic E-state index is -3.66. The molecule has 0 aromatic heterocycles. The fourth-order valence-electron chi connectivity index (χ4n) is 2.40. The molecule has 1 saturated heterocycles. The summed E-state index contributed by atoms with van der Waals surface area (Å²) in [6.45, 7) is 2.06. The second-order valence-electron chi connectivity index (χ2n) is 4.95. The molecule has 0 amide bonds. The van der Waals surface area contributed by atoms with Gasteiger partial charge in [0.25, 0.3) is 0 Å². The van der Waals surface area contributed by atoms with Crippen LogP contribution in [-0.4, -0.2) is 36.9 Å². The molecule has 0 aliphatic carbocycles. The molecule has 5 nitrogen and oxygen atoms in total. The third-order valence-electron chi connectivity index (χ3n) is 3.49. The van der Waals surface area contributed by atoms with Crippen molar-refractivity contribution in [2.75, 3.05) is 13.1 Å². The molecule has 0 spiro atoms. The Labute approximate surface area is 123 Å². The molecule has 0 saturated carbocycles. The van der Waals surface area contributed by atoms with E-state index in [9.17, 15) is 13.2 Å². The van der Waals surface area contributed by atoms with Crippen LogP contribution < -0.4 is 0 Å². The van der Waals surface area contributed by atoms with Crippen LogP contribution in [0.3, 0.4) is 0 Å². The molecule has 1 N–H and O–H groups in total. The molecule has 1 aliphatic rings. The minimum absolute atomic E-state index is 0.0275. The molecule has 2 rings (SSSR count). The maximum atomic E-state index is 12.6. The van der Waals surface area contributed by atoms with Crippen LogP contribution in [-0.2, 0) is 14.8 Å². The number of carboxylic acid groups (broad SMARTS) is 1. The maximum Gasteiger partial charge on any atom is 0.307 e. The summed E-state index contributed by atoms with van der Waals surface area (Å²) in [6.07, 6.45) is 1.07. The van der Waals surface area contributed by atoms with Crippen LogP contribution >= 0.6 is 11.6 Å². The predicted octanol–water partition coefficient (Wildman–Crippen LogP) is 2.13. The number of benzene rings is 1. The Morgan fingerprint density at radius 3 is 2.75 bits per heavy atom. The molecule has 1 aromatic rings. The van der Waals surface area contributed by atoms with Crippen LogP contribution in [0.1, 0.15) is 18.4 Å². The molecule has 110 valence electrons. The number of hydrogen-bond donors (Lipinski definition) is 1. The van der Waals surface area contributed by atoms with Crippen LogP contribution in [0.15, 0.2) is 23.1 Å². The highest BCUT2D eigenvalue weighted by molar-refractivity contribution is 7.89. The van der Waals surface area contributed by atoms with Crippen LogP contribution in [0.25, 0.3) is 0 Å². The quantitative estimate of drug-likeness (QED) is 0.926. The Kier molecular flexibility index (Phi) is 4.36. The van der Waals surface area contributed by atoms with Crippen LogP contribution in [0, 0.1) is 12.8 Å². The summed E-state index contributed by atoms with van der Waals surface area (Å²) in [7, 11) is -3.66. The fourth-order valence-corrected chi connectivity index (χ4v) is 4.36. The number of carboxylic acids is 1. The van der Waals surface area contributed by atoms with Crippen molar-refractivity contribution < 1.29 is 18.3 Å². The van der Waals surface area contributed by atoms with Gasteiger partial charge < -0.3 is 5.11 Å². The lowest BCUT2D eigenvalue weighted by molar-refractivity contribution is -0.142. The molecule has 20 heavy (non-hydrogen) atoms. The number of piperidine rings is 1. The molecule has 1 fully saturated rings. The van der Waals surface area contributed by atoms with Gasteiger partial charge in [0.1, 0.15) is 0 Å². The number of rotatable bonds is 3. The van der Waals surface area contributed by atoms with E-state index in [1.807, 2.05) is 0 Å². The number of hydrogen-bond acceptors (Lipinski definition) is 3. The molecule has 0 bridgehead atoms. The van der Waals surface area contributed by atoms with Crippen molar-refractivity contribution in [3.8, 4) is 0 Å². The van der Waals surface area contributed by atoms with Gasteiger partial charge in [-0.2, -0.15) is 4.31 Å². The van der Waals surface area contributed by atoms with Gasteiger partial charge in [-0.1, -0.05) is 11.6 Å². The number of aryl methyl sites for hydroxylation is 1. The Morgan fingerprint density at radius 2 is 2.15 bits per heavy atom. The van der Waals surface area contributed by atoms with Crippen LogP contribution in [0.2, 0.25) is 5.02 Å². The highest BCUT2D eigenvalue weighted by Gasteiger charge is 2.33. The summed E-state index contributed by atoms with van der Waals surface area (Å²) in [4.78, 5) is 11.2. The third kappa shape index (κ3) is 2.97. The van der Waals surface area contributed by atoms with E-state index in [4.69, 9.17) is 16.7 Å². The SMILES string of the molecule is Cc1cc(Cl)ccc1S(=O)(=O)N1CCC[C@@H](C(=O)O)C1. The van der Waals surface area contributed by atoms with Crippen LogP contribution in [0.4, 0.5) is 0 Å². The first-order valence-electron chi connectivity index (χ1n) is 6.31. The Hall–Kier alpha value is -1.11. The monoisotopic (exact) mass is 317 g/mol. The zero-order valence-corrected chi connectivity index (χ0v) is 12.6. The first-order chi connectivity index (χ1) is 9.32. The second kappa shape index (κ2) is 5.71. The van der Waals surface area contributed by atoms with Gasteiger partial charge in [0.05, 0.1) is 10.8 Å². The van der Waals surface area contributed by atoms with E-state index in [1.54, 1.807) is 13.0 Å². The second-order valence-corrected chi connectivity index (χ2v) is 7.29. The number of sulfonamides is 1. The first-order valence-corrected chi connectivity index (χ1v) is 8.13. The van der Waals surface area contributed by atoms with E-state index in [-0.39, 0.29) is 11.4 Å². The topological polar surface area (TPSA) is 74.7 Å². The van der Waals surface area contributed by atoms with Gasteiger partial charge in [-0.15, -0.1) is 0 Å². The lowest BCUT2D eigenvalue weighted by Crippen LogP contribution is -2.42. The number of nitrogens with zero attached hydrogens (tertiary/aromatic N) is 1. The standard InChI is InChI=1S/C13H16ClNO4S/c1-9-7-11(14)4-5-12(9)20(18,19)15-6-2-3-10(8-15)13(16)17/h4-5,7,10H,2-3,6,8H2,1H3,(H,16,17)/t10-/m1/s1. The highest BCUT2D eigenvalue weighted by Crippen LogP contribution is 2.27.